The predicted octanol–water partition coefficient (Wildman–Crippen LogP) is 3.47. The van der Waals surface area contributed by atoms with Crippen molar-refractivity contribution in [3.8, 4) is 0 Å². The van der Waals surface area contributed by atoms with Crippen molar-refractivity contribution in [3.05, 3.63) is 75.5 Å². The van der Waals surface area contributed by atoms with Crippen molar-refractivity contribution in [1.29, 1.82) is 0 Å². The van der Waals surface area contributed by atoms with Gasteiger partial charge in [0.15, 0.2) is 0 Å². The van der Waals surface area contributed by atoms with Gasteiger partial charge in [0.2, 0.25) is 0 Å². The number of para-hydroxylation sites is 1. The molecule has 2 heterocycles. The fourth-order valence-corrected chi connectivity index (χ4v) is 3.00. The lowest BCUT2D eigenvalue weighted by Gasteiger charge is -2.13. The molecule has 1 N–H and O–H groups in total. The number of nitro benzene ring substituents is 1. The van der Waals surface area contributed by atoms with E-state index in [1.54, 1.807) is 12.1 Å². The molecule has 0 fully saturated rings. The number of rotatable bonds is 2. The number of nitrogens with one attached hydrogen (secondary N) is 1. The molecule has 0 radical (unpaired) electrons. The van der Waals surface area contributed by atoms with Gasteiger partial charge in [0.1, 0.15) is 0 Å². The fraction of sp³-hybridized carbons (Fsp3) is 0.118. The lowest BCUT2D eigenvalue weighted by Crippen LogP contribution is -2.13. The Hall–Kier alpha value is -2.95. The topological polar surface area (TPSA) is 71.3 Å². The lowest BCUT2D eigenvalue weighted by atomic mass is 9.98. The molecular formula is C17H13N3O2. The highest BCUT2D eigenvalue weighted by atomic mass is 16.6. The number of aliphatic imine (C=N–C) groups is 1. The van der Waals surface area contributed by atoms with Crippen LogP contribution in [0.25, 0.3) is 10.9 Å². The number of fused-ring (bicyclic) bond motifs is 3. The van der Waals surface area contributed by atoms with Crippen LogP contribution in [0.5, 0.6) is 0 Å². The normalized spacial score (nSPS) is 13.7. The van der Waals surface area contributed by atoms with Gasteiger partial charge in [-0.1, -0.05) is 18.2 Å². The molecule has 5 heteroatoms. The SMILES string of the molecule is O=[N+]([O-])c1ccc(C2=NCCc3c2[nH]c2ccccc32)cc1. The number of benzene rings is 2. The summed E-state index contributed by atoms with van der Waals surface area (Å²) in [6.45, 7) is 0.737. The second kappa shape index (κ2) is 4.80. The molecule has 0 spiro atoms. The second-order valence-corrected chi connectivity index (χ2v) is 5.31. The zero-order valence-electron chi connectivity index (χ0n) is 11.7. The maximum Gasteiger partial charge on any atom is 0.269 e. The third-order valence-corrected chi connectivity index (χ3v) is 4.03. The summed E-state index contributed by atoms with van der Waals surface area (Å²) in [4.78, 5) is 18.4. The minimum Gasteiger partial charge on any atom is -0.353 e. The zero-order chi connectivity index (χ0) is 15.1. The van der Waals surface area contributed by atoms with Crippen molar-refractivity contribution >= 4 is 22.3 Å². The van der Waals surface area contributed by atoms with E-state index in [4.69, 9.17) is 0 Å². The maximum atomic E-state index is 10.8. The minimum atomic E-state index is -0.388. The second-order valence-electron chi connectivity index (χ2n) is 5.31. The molecular weight excluding hydrogens is 278 g/mol. The van der Waals surface area contributed by atoms with E-state index in [2.05, 4.69) is 22.1 Å². The number of non-ortho nitro benzene ring substituents is 1. The molecule has 0 saturated carbocycles. The molecule has 5 nitrogen and oxygen atoms in total. The smallest absolute Gasteiger partial charge is 0.269 e. The van der Waals surface area contributed by atoms with Crippen molar-refractivity contribution in [3.63, 3.8) is 0 Å². The fourth-order valence-electron chi connectivity index (χ4n) is 3.00. The molecule has 0 unspecified atom stereocenters. The van der Waals surface area contributed by atoms with Gasteiger partial charge in [0.05, 0.1) is 16.3 Å². The summed E-state index contributed by atoms with van der Waals surface area (Å²) in [5, 5.41) is 12.0. The van der Waals surface area contributed by atoms with Crippen LogP contribution in [0.2, 0.25) is 0 Å². The average Bonchev–Trinajstić information content (AvgIpc) is 2.93. The van der Waals surface area contributed by atoms with Gasteiger partial charge in [0.25, 0.3) is 5.69 Å². The van der Waals surface area contributed by atoms with Crippen LogP contribution in [0.15, 0.2) is 53.5 Å². The Bertz CT molecular complexity index is 907. The van der Waals surface area contributed by atoms with Crippen LogP contribution in [0.1, 0.15) is 16.8 Å². The van der Waals surface area contributed by atoms with Crippen LogP contribution >= 0.6 is 0 Å². The number of H-pyrrole nitrogens is 1. The van der Waals surface area contributed by atoms with E-state index in [-0.39, 0.29) is 10.6 Å². The number of aromatic amines is 1. The van der Waals surface area contributed by atoms with Crippen LogP contribution in [-0.2, 0) is 6.42 Å². The molecule has 1 aromatic heterocycles. The monoisotopic (exact) mass is 291 g/mol. The first-order chi connectivity index (χ1) is 10.7. The van der Waals surface area contributed by atoms with Crippen molar-refractivity contribution in [2.24, 2.45) is 4.99 Å². The highest BCUT2D eigenvalue weighted by molar-refractivity contribution is 6.15. The van der Waals surface area contributed by atoms with E-state index in [1.807, 2.05) is 12.1 Å². The van der Waals surface area contributed by atoms with Crippen LogP contribution in [0.3, 0.4) is 0 Å². The van der Waals surface area contributed by atoms with E-state index >= 15 is 0 Å². The number of hydrogen-bond acceptors (Lipinski definition) is 3. The summed E-state index contributed by atoms with van der Waals surface area (Å²) in [6, 6.07) is 14.8. The van der Waals surface area contributed by atoms with Gasteiger partial charge in [-0.15, -0.1) is 0 Å². The Kier molecular flexibility index (Phi) is 2.79. The van der Waals surface area contributed by atoms with Crippen LogP contribution in [0, 0.1) is 10.1 Å². The summed E-state index contributed by atoms with van der Waals surface area (Å²) in [7, 11) is 0. The lowest BCUT2D eigenvalue weighted by molar-refractivity contribution is -0.384. The van der Waals surface area contributed by atoms with E-state index in [0.29, 0.717) is 0 Å². The molecule has 22 heavy (non-hydrogen) atoms. The molecule has 0 bridgehead atoms. The molecule has 0 aliphatic carbocycles. The van der Waals surface area contributed by atoms with E-state index < -0.39 is 0 Å². The first-order valence-corrected chi connectivity index (χ1v) is 7.13. The van der Waals surface area contributed by atoms with Crippen LogP contribution < -0.4 is 0 Å². The highest BCUT2D eigenvalue weighted by Gasteiger charge is 2.20. The molecule has 0 amide bonds. The van der Waals surface area contributed by atoms with Gasteiger partial charge in [-0.2, -0.15) is 0 Å². The Labute approximate surface area is 126 Å². The Morgan fingerprint density at radius 1 is 1.09 bits per heavy atom. The molecule has 3 aromatic rings. The number of aromatic nitrogens is 1. The molecule has 1 aliphatic heterocycles. The molecule has 4 rings (SSSR count). The van der Waals surface area contributed by atoms with Crippen molar-refractivity contribution in [2.75, 3.05) is 6.54 Å². The molecule has 0 atom stereocenters. The molecule has 1 aliphatic rings. The van der Waals surface area contributed by atoms with Crippen molar-refractivity contribution < 1.29 is 4.92 Å². The molecule has 2 aromatic carbocycles. The van der Waals surface area contributed by atoms with Crippen molar-refractivity contribution in [1.82, 2.24) is 4.98 Å². The summed E-state index contributed by atoms with van der Waals surface area (Å²) in [5.41, 5.74) is 5.28. The Balaban J connectivity index is 1.84. The Morgan fingerprint density at radius 3 is 2.64 bits per heavy atom. The van der Waals surface area contributed by atoms with Crippen LogP contribution in [0.4, 0.5) is 5.69 Å². The van der Waals surface area contributed by atoms with Gasteiger partial charge < -0.3 is 4.98 Å². The average molecular weight is 291 g/mol. The summed E-state index contributed by atoms with van der Waals surface area (Å²) < 4.78 is 0. The first-order valence-electron chi connectivity index (χ1n) is 7.13. The molecule has 0 saturated heterocycles. The van der Waals surface area contributed by atoms with Gasteiger partial charge in [-0.25, -0.2) is 0 Å². The van der Waals surface area contributed by atoms with Gasteiger partial charge in [0, 0.05) is 35.1 Å². The van der Waals surface area contributed by atoms with Crippen LogP contribution in [-0.4, -0.2) is 22.2 Å². The third-order valence-electron chi connectivity index (χ3n) is 4.03. The quantitative estimate of drug-likeness (QED) is 0.580. The van der Waals surface area contributed by atoms with E-state index in [0.717, 1.165) is 35.5 Å². The van der Waals surface area contributed by atoms with Gasteiger partial charge in [-0.3, -0.25) is 15.1 Å². The largest absolute Gasteiger partial charge is 0.353 e. The maximum absolute atomic E-state index is 10.8. The third kappa shape index (κ3) is 1.90. The standard InChI is InChI=1S/C17H13N3O2/c21-20(22)12-7-5-11(6-8-12)16-17-14(9-10-18-16)13-3-1-2-4-15(13)19-17/h1-8,19H,9-10H2. The summed E-state index contributed by atoms with van der Waals surface area (Å²) in [6.07, 6.45) is 0.913. The predicted molar refractivity (Wildman–Crippen MR) is 85.6 cm³/mol. The number of nitro groups is 1. The van der Waals surface area contributed by atoms with Gasteiger partial charge >= 0.3 is 0 Å². The minimum absolute atomic E-state index is 0.0945. The van der Waals surface area contributed by atoms with Gasteiger partial charge in [-0.05, 0) is 30.2 Å². The number of hydrogen-bond donors (Lipinski definition) is 1. The molecule has 108 valence electrons. The first kappa shape index (κ1) is 12.8. The zero-order valence-corrected chi connectivity index (χ0v) is 11.7. The van der Waals surface area contributed by atoms with E-state index in [1.165, 1.54) is 23.1 Å². The van der Waals surface area contributed by atoms with Crippen molar-refractivity contribution in [2.45, 2.75) is 6.42 Å². The Morgan fingerprint density at radius 2 is 1.86 bits per heavy atom. The summed E-state index contributed by atoms with van der Waals surface area (Å²) >= 11 is 0. The highest BCUT2D eigenvalue weighted by Crippen LogP contribution is 2.28. The number of nitrogens with zero attached hydrogens (tertiary/aromatic N) is 2. The summed E-state index contributed by atoms with van der Waals surface area (Å²) in [5.74, 6) is 0. The van der Waals surface area contributed by atoms with E-state index in [9.17, 15) is 10.1 Å².